The van der Waals surface area contributed by atoms with Gasteiger partial charge in [0.15, 0.2) is 0 Å². The lowest BCUT2D eigenvalue weighted by atomic mass is 9.90. The van der Waals surface area contributed by atoms with E-state index in [0.717, 1.165) is 26.2 Å². The molecule has 0 amide bonds. The Morgan fingerprint density at radius 1 is 1.41 bits per heavy atom. The number of nitrogens with zero attached hydrogens (tertiary/aromatic N) is 3. The number of hydrogen-bond donors (Lipinski definition) is 1. The fourth-order valence-corrected chi connectivity index (χ4v) is 2.68. The molecule has 1 N–H and O–H groups in total. The molecular formula is C13H24N4. The summed E-state index contributed by atoms with van der Waals surface area (Å²) in [5.41, 5.74) is 1.49. The van der Waals surface area contributed by atoms with E-state index in [9.17, 15) is 0 Å². The summed E-state index contributed by atoms with van der Waals surface area (Å²) < 4.78 is 1.88. The third-order valence-electron chi connectivity index (χ3n) is 3.96. The minimum atomic E-state index is 0.313. The molecule has 0 unspecified atom stereocenters. The van der Waals surface area contributed by atoms with E-state index in [2.05, 4.69) is 35.2 Å². The maximum absolute atomic E-state index is 4.46. The first-order valence-electron chi connectivity index (χ1n) is 6.63. The Morgan fingerprint density at radius 3 is 2.76 bits per heavy atom. The van der Waals surface area contributed by atoms with Crippen molar-refractivity contribution in [1.82, 2.24) is 20.0 Å². The van der Waals surface area contributed by atoms with Crippen molar-refractivity contribution < 1.29 is 0 Å². The molecule has 0 bridgehead atoms. The van der Waals surface area contributed by atoms with E-state index in [1.165, 1.54) is 18.5 Å². The highest BCUT2D eigenvalue weighted by Gasteiger charge is 2.31. The van der Waals surface area contributed by atoms with Gasteiger partial charge in [-0.25, -0.2) is 0 Å². The predicted octanol–water partition coefficient (Wildman–Crippen LogP) is 1.38. The van der Waals surface area contributed by atoms with Crippen LogP contribution in [0.1, 0.15) is 32.4 Å². The van der Waals surface area contributed by atoms with Gasteiger partial charge in [0.25, 0.3) is 0 Å². The summed E-state index contributed by atoms with van der Waals surface area (Å²) in [6.45, 7) is 8.88. The Balaban J connectivity index is 1.98. The third-order valence-corrected chi connectivity index (χ3v) is 3.96. The van der Waals surface area contributed by atoms with E-state index in [1.807, 2.05) is 17.9 Å². The van der Waals surface area contributed by atoms with Crippen LogP contribution in [-0.2, 0) is 13.6 Å². The van der Waals surface area contributed by atoms with Gasteiger partial charge in [-0.15, -0.1) is 0 Å². The summed E-state index contributed by atoms with van der Waals surface area (Å²) in [5.74, 6) is 0. The maximum atomic E-state index is 4.46. The Morgan fingerprint density at radius 2 is 2.18 bits per heavy atom. The fourth-order valence-electron chi connectivity index (χ4n) is 2.68. The van der Waals surface area contributed by atoms with Gasteiger partial charge >= 0.3 is 0 Å². The van der Waals surface area contributed by atoms with Crippen molar-refractivity contribution in [2.45, 2.75) is 38.8 Å². The Labute approximate surface area is 104 Å². The highest BCUT2D eigenvalue weighted by Crippen LogP contribution is 2.20. The molecule has 1 aromatic heterocycles. The van der Waals surface area contributed by atoms with E-state index in [4.69, 9.17) is 0 Å². The maximum Gasteiger partial charge on any atom is 0.0764 e. The SMILES string of the molecule is CCC1(CC)CN(Cc2ccn(C)n2)CCN1. The summed E-state index contributed by atoms with van der Waals surface area (Å²) in [6.07, 6.45) is 4.41. The number of piperazine rings is 1. The van der Waals surface area contributed by atoms with Crippen molar-refractivity contribution >= 4 is 0 Å². The van der Waals surface area contributed by atoms with E-state index in [0.29, 0.717) is 5.54 Å². The van der Waals surface area contributed by atoms with Crippen LogP contribution < -0.4 is 5.32 Å². The van der Waals surface area contributed by atoms with Crippen molar-refractivity contribution in [3.63, 3.8) is 0 Å². The average Bonchev–Trinajstić information content (AvgIpc) is 2.75. The van der Waals surface area contributed by atoms with Crippen LogP contribution in [0.25, 0.3) is 0 Å². The lowest BCUT2D eigenvalue weighted by Gasteiger charge is -2.43. The zero-order valence-corrected chi connectivity index (χ0v) is 11.2. The standard InChI is InChI=1S/C13H24N4/c1-4-13(5-2)11-17(9-7-14-13)10-12-6-8-16(3)15-12/h6,8,14H,4-5,7,9-11H2,1-3H3. The normalized spacial score (nSPS) is 20.6. The van der Waals surface area contributed by atoms with Gasteiger partial charge in [0.1, 0.15) is 0 Å². The van der Waals surface area contributed by atoms with Gasteiger partial charge in [-0.3, -0.25) is 9.58 Å². The molecule has 1 fully saturated rings. The van der Waals surface area contributed by atoms with Gasteiger partial charge in [-0.2, -0.15) is 5.10 Å². The Bertz CT molecular complexity index is 354. The van der Waals surface area contributed by atoms with Crippen LogP contribution in [0.4, 0.5) is 0 Å². The molecular weight excluding hydrogens is 212 g/mol. The summed E-state index contributed by atoms with van der Waals surface area (Å²) in [7, 11) is 1.98. The van der Waals surface area contributed by atoms with Gasteiger partial charge in [0.05, 0.1) is 5.69 Å². The van der Waals surface area contributed by atoms with E-state index < -0.39 is 0 Å². The second-order valence-electron chi connectivity index (χ2n) is 5.11. The molecule has 17 heavy (non-hydrogen) atoms. The molecule has 1 aliphatic heterocycles. The largest absolute Gasteiger partial charge is 0.309 e. The molecule has 0 atom stereocenters. The van der Waals surface area contributed by atoms with E-state index in [-0.39, 0.29) is 0 Å². The summed E-state index contributed by atoms with van der Waals surface area (Å²) >= 11 is 0. The molecule has 0 radical (unpaired) electrons. The van der Waals surface area contributed by atoms with Crippen LogP contribution in [0.2, 0.25) is 0 Å². The molecule has 96 valence electrons. The van der Waals surface area contributed by atoms with Crippen molar-refractivity contribution in [3.05, 3.63) is 18.0 Å². The minimum absolute atomic E-state index is 0.313. The molecule has 0 saturated carbocycles. The highest BCUT2D eigenvalue weighted by atomic mass is 15.3. The number of nitrogens with one attached hydrogen (secondary N) is 1. The monoisotopic (exact) mass is 236 g/mol. The second kappa shape index (κ2) is 5.19. The Hall–Kier alpha value is -0.870. The number of rotatable bonds is 4. The summed E-state index contributed by atoms with van der Waals surface area (Å²) in [6, 6.07) is 2.11. The van der Waals surface area contributed by atoms with Crippen molar-refractivity contribution in [2.75, 3.05) is 19.6 Å². The van der Waals surface area contributed by atoms with E-state index >= 15 is 0 Å². The molecule has 2 heterocycles. The van der Waals surface area contributed by atoms with Gasteiger partial charge in [-0.1, -0.05) is 13.8 Å². The van der Waals surface area contributed by atoms with Crippen LogP contribution in [0.3, 0.4) is 0 Å². The topological polar surface area (TPSA) is 33.1 Å². The molecule has 0 spiro atoms. The van der Waals surface area contributed by atoms with Crippen molar-refractivity contribution in [2.24, 2.45) is 7.05 Å². The molecule has 1 aromatic rings. The van der Waals surface area contributed by atoms with Crippen LogP contribution in [0.5, 0.6) is 0 Å². The van der Waals surface area contributed by atoms with Crippen molar-refractivity contribution in [3.8, 4) is 0 Å². The van der Waals surface area contributed by atoms with E-state index in [1.54, 1.807) is 0 Å². The van der Waals surface area contributed by atoms with Crippen LogP contribution in [0.15, 0.2) is 12.3 Å². The fraction of sp³-hybridized carbons (Fsp3) is 0.769. The van der Waals surface area contributed by atoms with Crippen LogP contribution in [0, 0.1) is 0 Å². The summed E-state index contributed by atoms with van der Waals surface area (Å²) in [4.78, 5) is 2.52. The number of aromatic nitrogens is 2. The Kier molecular flexibility index (Phi) is 3.84. The molecule has 4 nitrogen and oxygen atoms in total. The molecule has 2 rings (SSSR count). The first kappa shape index (κ1) is 12.6. The smallest absolute Gasteiger partial charge is 0.0764 e. The second-order valence-corrected chi connectivity index (χ2v) is 5.11. The molecule has 1 aliphatic rings. The minimum Gasteiger partial charge on any atom is -0.309 e. The van der Waals surface area contributed by atoms with Crippen LogP contribution in [-0.4, -0.2) is 39.9 Å². The molecule has 1 saturated heterocycles. The zero-order chi connectivity index (χ0) is 12.3. The first-order valence-corrected chi connectivity index (χ1v) is 6.63. The highest BCUT2D eigenvalue weighted by molar-refractivity contribution is 5.01. The molecule has 0 aromatic carbocycles. The lowest BCUT2D eigenvalue weighted by molar-refractivity contribution is 0.117. The number of aryl methyl sites for hydroxylation is 1. The zero-order valence-electron chi connectivity index (χ0n) is 11.2. The van der Waals surface area contributed by atoms with Crippen molar-refractivity contribution in [1.29, 1.82) is 0 Å². The first-order chi connectivity index (χ1) is 8.17. The predicted molar refractivity (Wildman–Crippen MR) is 69.8 cm³/mol. The number of hydrogen-bond acceptors (Lipinski definition) is 3. The van der Waals surface area contributed by atoms with Gasteiger partial charge in [-0.05, 0) is 18.9 Å². The van der Waals surface area contributed by atoms with Gasteiger partial charge < -0.3 is 5.32 Å². The molecule has 0 aliphatic carbocycles. The average molecular weight is 236 g/mol. The third kappa shape index (κ3) is 2.87. The lowest BCUT2D eigenvalue weighted by Crippen LogP contribution is -2.59. The summed E-state index contributed by atoms with van der Waals surface area (Å²) in [5, 5.41) is 8.14. The van der Waals surface area contributed by atoms with Crippen LogP contribution >= 0.6 is 0 Å². The molecule has 4 heteroatoms. The quantitative estimate of drug-likeness (QED) is 0.857. The van der Waals surface area contributed by atoms with Gasteiger partial charge in [0.2, 0.25) is 0 Å². The van der Waals surface area contributed by atoms with Gasteiger partial charge in [0, 0.05) is 45.0 Å².